The van der Waals surface area contributed by atoms with Crippen LogP contribution in [0.3, 0.4) is 0 Å². The average Bonchev–Trinajstić information content (AvgIpc) is 2.45. The van der Waals surface area contributed by atoms with Gasteiger partial charge < -0.3 is 10.5 Å². The van der Waals surface area contributed by atoms with Gasteiger partial charge in [-0.1, -0.05) is 31.2 Å². The Bertz CT molecular complexity index is 485. The van der Waals surface area contributed by atoms with Crippen LogP contribution in [0.4, 0.5) is 0 Å². The molecule has 0 amide bonds. The first kappa shape index (κ1) is 12.6. The minimum absolute atomic E-state index is 0.251. The van der Waals surface area contributed by atoms with Crippen LogP contribution in [0.25, 0.3) is 0 Å². The molecule has 0 aliphatic heterocycles. The minimum Gasteiger partial charge on any atom is -0.493 e. The molecular formula is C15H18N2O. The molecule has 1 atom stereocenters. The lowest BCUT2D eigenvalue weighted by Crippen LogP contribution is -2.15. The molecule has 0 radical (unpaired) electrons. The van der Waals surface area contributed by atoms with Gasteiger partial charge in [0.05, 0.1) is 18.3 Å². The third kappa shape index (κ3) is 2.87. The first-order valence-electron chi connectivity index (χ1n) is 6.21. The minimum atomic E-state index is -0.251. The van der Waals surface area contributed by atoms with Crippen molar-refractivity contribution in [2.24, 2.45) is 5.73 Å². The van der Waals surface area contributed by atoms with Crippen molar-refractivity contribution in [1.29, 1.82) is 0 Å². The van der Waals surface area contributed by atoms with Gasteiger partial charge in [0.2, 0.25) is 0 Å². The summed E-state index contributed by atoms with van der Waals surface area (Å²) in [6, 6.07) is 13.4. The summed E-state index contributed by atoms with van der Waals surface area (Å²) >= 11 is 0. The van der Waals surface area contributed by atoms with Gasteiger partial charge in [0, 0.05) is 11.8 Å². The number of hydrogen-bond acceptors (Lipinski definition) is 3. The molecule has 18 heavy (non-hydrogen) atoms. The molecule has 2 aromatic rings. The summed E-state index contributed by atoms with van der Waals surface area (Å²) in [6.45, 7) is 2.78. The van der Waals surface area contributed by atoms with E-state index in [0.717, 1.165) is 23.4 Å². The highest BCUT2D eigenvalue weighted by atomic mass is 16.5. The van der Waals surface area contributed by atoms with Gasteiger partial charge in [0.1, 0.15) is 5.75 Å². The van der Waals surface area contributed by atoms with Gasteiger partial charge >= 0.3 is 0 Å². The van der Waals surface area contributed by atoms with Gasteiger partial charge in [-0.05, 0) is 24.6 Å². The second-order valence-corrected chi connectivity index (χ2v) is 4.12. The molecule has 2 rings (SSSR count). The van der Waals surface area contributed by atoms with Gasteiger partial charge in [0.25, 0.3) is 0 Å². The van der Waals surface area contributed by atoms with Crippen molar-refractivity contribution >= 4 is 0 Å². The summed E-state index contributed by atoms with van der Waals surface area (Å²) < 4.78 is 5.72. The van der Waals surface area contributed by atoms with Gasteiger partial charge in [-0.3, -0.25) is 4.98 Å². The number of benzene rings is 1. The highest BCUT2D eigenvalue weighted by Crippen LogP contribution is 2.27. The number of nitrogens with two attached hydrogens (primary N) is 1. The Balaban J connectivity index is 2.27. The molecule has 0 spiro atoms. The summed E-state index contributed by atoms with van der Waals surface area (Å²) in [5.74, 6) is 0.845. The van der Waals surface area contributed by atoms with Crippen molar-refractivity contribution in [2.45, 2.75) is 19.4 Å². The normalized spacial score (nSPS) is 12.1. The lowest BCUT2D eigenvalue weighted by atomic mass is 10.0. The molecule has 0 fully saturated rings. The Hall–Kier alpha value is -1.87. The fourth-order valence-corrected chi connectivity index (χ4v) is 1.80. The van der Waals surface area contributed by atoms with Crippen LogP contribution < -0.4 is 10.5 Å². The molecule has 3 heteroatoms. The van der Waals surface area contributed by atoms with Crippen LogP contribution in [-0.4, -0.2) is 11.6 Å². The summed E-state index contributed by atoms with van der Waals surface area (Å²) in [6.07, 6.45) is 2.73. The number of hydrogen-bond donors (Lipinski definition) is 1. The van der Waals surface area contributed by atoms with E-state index in [-0.39, 0.29) is 6.04 Å². The standard InChI is InChI=1S/C15H18N2O/c1-2-11-18-14-9-4-3-7-12(14)15(16)13-8-5-6-10-17-13/h3-10,15H,2,11,16H2,1H3. The predicted molar refractivity (Wildman–Crippen MR) is 72.5 cm³/mol. The van der Waals surface area contributed by atoms with Crippen LogP contribution in [0.1, 0.15) is 30.6 Å². The van der Waals surface area contributed by atoms with E-state index in [1.807, 2.05) is 42.5 Å². The molecule has 1 aromatic heterocycles. The molecule has 1 unspecified atom stereocenters. The van der Waals surface area contributed by atoms with Crippen molar-refractivity contribution in [3.05, 3.63) is 59.9 Å². The SMILES string of the molecule is CCCOc1ccccc1C(N)c1ccccn1. The van der Waals surface area contributed by atoms with Crippen LogP contribution in [0.15, 0.2) is 48.7 Å². The Kier molecular flexibility index (Phi) is 4.31. The molecule has 2 N–H and O–H groups in total. The fourth-order valence-electron chi connectivity index (χ4n) is 1.80. The highest BCUT2D eigenvalue weighted by molar-refractivity contribution is 5.39. The van der Waals surface area contributed by atoms with Crippen LogP contribution >= 0.6 is 0 Å². The molecule has 0 saturated carbocycles. The second kappa shape index (κ2) is 6.17. The molecule has 0 saturated heterocycles. The molecular weight excluding hydrogens is 224 g/mol. The Morgan fingerprint density at radius 1 is 1.17 bits per heavy atom. The summed E-state index contributed by atoms with van der Waals surface area (Å²) in [4.78, 5) is 4.30. The number of nitrogens with zero attached hydrogens (tertiary/aromatic N) is 1. The Labute approximate surface area is 108 Å². The maximum atomic E-state index is 6.25. The van der Waals surface area contributed by atoms with E-state index in [2.05, 4.69) is 11.9 Å². The van der Waals surface area contributed by atoms with E-state index in [9.17, 15) is 0 Å². The molecule has 0 bridgehead atoms. The van der Waals surface area contributed by atoms with Crippen LogP contribution in [0, 0.1) is 0 Å². The van der Waals surface area contributed by atoms with Crippen molar-refractivity contribution < 1.29 is 4.74 Å². The number of rotatable bonds is 5. The van der Waals surface area contributed by atoms with Crippen molar-refractivity contribution in [1.82, 2.24) is 4.98 Å². The zero-order valence-electron chi connectivity index (χ0n) is 10.5. The highest BCUT2D eigenvalue weighted by Gasteiger charge is 2.14. The van der Waals surface area contributed by atoms with Crippen molar-refractivity contribution in [2.75, 3.05) is 6.61 Å². The smallest absolute Gasteiger partial charge is 0.124 e. The van der Waals surface area contributed by atoms with E-state index in [1.165, 1.54) is 0 Å². The van der Waals surface area contributed by atoms with Gasteiger partial charge in [-0.2, -0.15) is 0 Å². The van der Waals surface area contributed by atoms with Crippen LogP contribution in [0.2, 0.25) is 0 Å². The van der Waals surface area contributed by atoms with Crippen LogP contribution in [-0.2, 0) is 0 Å². The van der Waals surface area contributed by atoms with Crippen molar-refractivity contribution in [3.63, 3.8) is 0 Å². The van der Waals surface area contributed by atoms with Gasteiger partial charge in [-0.15, -0.1) is 0 Å². The van der Waals surface area contributed by atoms with E-state index in [4.69, 9.17) is 10.5 Å². The van der Waals surface area contributed by atoms with Crippen molar-refractivity contribution in [3.8, 4) is 5.75 Å². The first-order valence-corrected chi connectivity index (χ1v) is 6.21. The van der Waals surface area contributed by atoms with E-state index >= 15 is 0 Å². The summed E-state index contributed by atoms with van der Waals surface area (Å²) in [5.41, 5.74) is 8.07. The predicted octanol–water partition coefficient (Wildman–Crippen LogP) is 2.92. The lowest BCUT2D eigenvalue weighted by molar-refractivity contribution is 0.313. The number of para-hydroxylation sites is 1. The van der Waals surface area contributed by atoms with Gasteiger partial charge in [0.15, 0.2) is 0 Å². The summed E-state index contributed by atoms with van der Waals surface area (Å²) in [7, 11) is 0. The third-order valence-electron chi connectivity index (χ3n) is 2.72. The van der Waals surface area contributed by atoms with Crippen LogP contribution in [0.5, 0.6) is 5.75 Å². The van der Waals surface area contributed by atoms with E-state index in [1.54, 1.807) is 6.20 Å². The lowest BCUT2D eigenvalue weighted by Gasteiger charge is -2.16. The Morgan fingerprint density at radius 2 is 1.94 bits per heavy atom. The fraction of sp³-hybridized carbons (Fsp3) is 0.267. The number of aromatic nitrogens is 1. The number of ether oxygens (including phenoxy) is 1. The van der Waals surface area contributed by atoms with Gasteiger partial charge in [-0.25, -0.2) is 0 Å². The topological polar surface area (TPSA) is 48.1 Å². The molecule has 0 aliphatic carbocycles. The zero-order valence-corrected chi connectivity index (χ0v) is 10.5. The average molecular weight is 242 g/mol. The molecule has 1 heterocycles. The molecule has 0 aliphatic rings. The first-order chi connectivity index (χ1) is 8.83. The quantitative estimate of drug-likeness (QED) is 0.877. The molecule has 3 nitrogen and oxygen atoms in total. The zero-order chi connectivity index (χ0) is 12.8. The maximum absolute atomic E-state index is 6.25. The third-order valence-corrected chi connectivity index (χ3v) is 2.72. The van der Waals surface area contributed by atoms with E-state index in [0.29, 0.717) is 6.61 Å². The second-order valence-electron chi connectivity index (χ2n) is 4.12. The molecule has 1 aromatic carbocycles. The summed E-state index contributed by atoms with van der Waals surface area (Å²) in [5, 5.41) is 0. The van der Waals surface area contributed by atoms with E-state index < -0.39 is 0 Å². The monoisotopic (exact) mass is 242 g/mol. The Morgan fingerprint density at radius 3 is 2.67 bits per heavy atom. The largest absolute Gasteiger partial charge is 0.493 e. The molecule has 94 valence electrons. The number of pyridine rings is 1. The maximum Gasteiger partial charge on any atom is 0.124 e.